The van der Waals surface area contributed by atoms with E-state index < -0.39 is 6.10 Å². The van der Waals surface area contributed by atoms with Crippen LogP contribution in [0.1, 0.15) is 16.8 Å². The number of hydrogen-bond donors (Lipinski definition) is 1. The number of hydrogen-bond acceptors (Lipinski definition) is 4. The number of rotatable bonds is 1. The predicted octanol–water partition coefficient (Wildman–Crippen LogP) is 0.837. The molecule has 0 radical (unpaired) electrons. The summed E-state index contributed by atoms with van der Waals surface area (Å²) in [5, 5.41) is 9.45. The van der Waals surface area contributed by atoms with Crippen molar-refractivity contribution in [2.75, 3.05) is 13.1 Å². The van der Waals surface area contributed by atoms with Crippen LogP contribution in [0.25, 0.3) is 11.0 Å². The summed E-state index contributed by atoms with van der Waals surface area (Å²) in [6.07, 6.45) is 3.49. The second-order valence-corrected chi connectivity index (χ2v) is 4.45. The molecule has 5 nitrogen and oxygen atoms in total. The largest absolute Gasteiger partial charge is 0.391 e. The van der Waals surface area contributed by atoms with Gasteiger partial charge in [0.1, 0.15) is 0 Å². The van der Waals surface area contributed by atoms with Crippen LogP contribution in [0.4, 0.5) is 0 Å². The highest BCUT2D eigenvalue weighted by molar-refractivity contribution is 5.97. The molecule has 0 spiro atoms. The van der Waals surface area contributed by atoms with Gasteiger partial charge in [0.15, 0.2) is 0 Å². The van der Waals surface area contributed by atoms with Crippen LogP contribution in [0.2, 0.25) is 0 Å². The van der Waals surface area contributed by atoms with Crippen molar-refractivity contribution in [3.63, 3.8) is 0 Å². The molecule has 3 rings (SSSR count). The molecule has 1 saturated heterocycles. The summed E-state index contributed by atoms with van der Waals surface area (Å²) in [5.74, 6) is -0.0564. The Labute approximate surface area is 104 Å². The minimum Gasteiger partial charge on any atom is -0.391 e. The van der Waals surface area contributed by atoms with E-state index in [4.69, 9.17) is 0 Å². The van der Waals surface area contributed by atoms with Crippen molar-refractivity contribution in [3.05, 3.63) is 36.2 Å². The van der Waals surface area contributed by atoms with Crippen molar-refractivity contribution in [2.24, 2.45) is 0 Å². The zero-order chi connectivity index (χ0) is 12.5. The number of likely N-dealkylation sites (tertiary alicyclic amines) is 1. The average molecular weight is 243 g/mol. The summed E-state index contributed by atoms with van der Waals surface area (Å²) in [4.78, 5) is 22.2. The van der Waals surface area contributed by atoms with Crippen molar-refractivity contribution in [2.45, 2.75) is 12.5 Å². The third-order valence-electron chi connectivity index (χ3n) is 3.17. The first kappa shape index (κ1) is 11.1. The fourth-order valence-corrected chi connectivity index (χ4v) is 2.21. The molecule has 0 aliphatic carbocycles. The molecule has 2 heterocycles. The zero-order valence-corrected chi connectivity index (χ0v) is 9.78. The van der Waals surface area contributed by atoms with Gasteiger partial charge < -0.3 is 10.0 Å². The molecule has 0 saturated carbocycles. The van der Waals surface area contributed by atoms with Gasteiger partial charge in [-0.15, -0.1) is 0 Å². The lowest BCUT2D eigenvalue weighted by Gasteiger charge is -2.15. The zero-order valence-electron chi connectivity index (χ0n) is 9.78. The maximum Gasteiger partial charge on any atom is 0.254 e. The van der Waals surface area contributed by atoms with Crippen LogP contribution in [0.3, 0.4) is 0 Å². The van der Waals surface area contributed by atoms with Gasteiger partial charge in [0.05, 0.1) is 17.1 Å². The third kappa shape index (κ3) is 1.93. The summed E-state index contributed by atoms with van der Waals surface area (Å²) >= 11 is 0. The van der Waals surface area contributed by atoms with Crippen LogP contribution in [0.15, 0.2) is 30.6 Å². The van der Waals surface area contributed by atoms with Gasteiger partial charge in [-0.1, -0.05) is 0 Å². The van der Waals surface area contributed by atoms with Gasteiger partial charge in [0, 0.05) is 31.0 Å². The number of amides is 1. The Balaban J connectivity index is 1.92. The van der Waals surface area contributed by atoms with Crippen LogP contribution in [-0.2, 0) is 0 Å². The van der Waals surface area contributed by atoms with E-state index >= 15 is 0 Å². The second kappa shape index (κ2) is 4.34. The fraction of sp³-hybridized carbons (Fsp3) is 0.308. The molecule has 1 N–H and O–H groups in total. The minimum atomic E-state index is -0.394. The van der Waals surface area contributed by atoms with Gasteiger partial charge in [-0.05, 0) is 24.6 Å². The summed E-state index contributed by atoms with van der Waals surface area (Å²) in [5.41, 5.74) is 2.08. The Morgan fingerprint density at radius 3 is 2.78 bits per heavy atom. The average Bonchev–Trinajstić information content (AvgIpc) is 2.84. The van der Waals surface area contributed by atoms with Gasteiger partial charge in [-0.3, -0.25) is 14.8 Å². The second-order valence-electron chi connectivity index (χ2n) is 4.45. The molecule has 1 aliphatic heterocycles. The quantitative estimate of drug-likeness (QED) is 0.806. The molecule has 1 aromatic heterocycles. The number of fused-ring (bicyclic) bond motifs is 1. The molecule has 18 heavy (non-hydrogen) atoms. The molecule has 1 aliphatic rings. The number of aromatic nitrogens is 2. The summed E-state index contributed by atoms with van der Waals surface area (Å²) in [6.45, 7) is 1.02. The summed E-state index contributed by atoms with van der Waals surface area (Å²) in [6, 6.07) is 5.29. The molecular formula is C13H13N3O2. The molecule has 1 fully saturated rings. The number of benzene rings is 1. The van der Waals surface area contributed by atoms with E-state index in [1.807, 2.05) is 0 Å². The van der Waals surface area contributed by atoms with Crippen LogP contribution < -0.4 is 0 Å². The SMILES string of the molecule is O=C(c1ccc2nccnc2c1)N1CCC(O)C1. The van der Waals surface area contributed by atoms with Gasteiger partial charge in [-0.2, -0.15) is 0 Å². The molecular weight excluding hydrogens is 230 g/mol. The van der Waals surface area contributed by atoms with E-state index in [2.05, 4.69) is 9.97 Å². The lowest BCUT2D eigenvalue weighted by Crippen LogP contribution is -2.29. The van der Waals surface area contributed by atoms with Crippen molar-refractivity contribution in [1.29, 1.82) is 0 Å². The van der Waals surface area contributed by atoms with Gasteiger partial charge in [0.25, 0.3) is 5.91 Å². The van der Waals surface area contributed by atoms with Crippen LogP contribution in [0, 0.1) is 0 Å². The minimum absolute atomic E-state index is 0.0564. The highest BCUT2D eigenvalue weighted by atomic mass is 16.3. The number of carbonyl (C=O) groups is 1. The normalized spacial score (nSPS) is 19.4. The number of β-amino-alcohol motifs (C(OH)–C–C–N with tert-alkyl or cyclic N) is 1. The lowest BCUT2D eigenvalue weighted by atomic mass is 10.1. The molecule has 1 amide bonds. The Morgan fingerprint density at radius 2 is 2.06 bits per heavy atom. The van der Waals surface area contributed by atoms with Crippen molar-refractivity contribution < 1.29 is 9.90 Å². The molecule has 92 valence electrons. The van der Waals surface area contributed by atoms with Gasteiger partial charge in [-0.25, -0.2) is 0 Å². The highest BCUT2D eigenvalue weighted by Crippen LogP contribution is 2.16. The summed E-state index contributed by atoms with van der Waals surface area (Å²) < 4.78 is 0. The Kier molecular flexibility index (Phi) is 2.68. The Hall–Kier alpha value is -2.01. The number of carbonyl (C=O) groups excluding carboxylic acids is 1. The van der Waals surface area contributed by atoms with E-state index in [1.54, 1.807) is 35.5 Å². The molecule has 5 heteroatoms. The maximum atomic E-state index is 12.2. The van der Waals surface area contributed by atoms with Crippen molar-refractivity contribution in [1.82, 2.24) is 14.9 Å². The van der Waals surface area contributed by atoms with Gasteiger partial charge >= 0.3 is 0 Å². The maximum absolute atomic E-state index is 12.2. The first-order chi connectivity index (χ1) is 8.74. The van der Waals surface area contributed by atoms with E-state index in [1.165, 1.54) is 0 Å². The highest BCUT2D eigenvalue weighted by Gasteiger charge is 2.25. The van der Waals surface area contributed by atoms with E-state index in [0.29, 0.717) is 30.6 Å². The first-order valence-electron chi connectivity index (χ1n) is 5.92. The number of aliphatic hydroxyl groups is 1. The molecule has 0 bridgehead atoms. The Morgan fingerprint density at radius 1 is 1.28 bits per heavy atom. The van der Waals surface area contributed by atoms with E-state index in [0.717, 1.165) is 5.52 Å². The number of aliphatic hydroxyl groups excluding tert-OH is 1. The predicted molar refractivity (Wildman–Crippen MR) is 66.1 cm³/mol. The third-order valence-corrected chi connectivity index (χ3v) is 3.17. The molecule has 1 unspecified atom stereocenters. The van der Waals surface area contributed by atoms with Gasteiger partial charge in [0.2, 0.25) is 0 Å². The van der Waals surface area contributed by atoms with Crippen LogP contribution in [-0.4, -0.2) is 45.1 Å². The Bertz CT molecular complexity index is 600. The molecule has 2 aromatic rings. The monoisotopic (exact) mass is 243 g/mol. The topological polar surface area (TPSA) is 66.3 Å². The molecule has 1 atom stereocenters. The van der Waals surface area contributed by atoms with Crippen molar-refractivity contribution >= 4 is 16.9 Å². The summed E-state index contributed by atoms with van der Waals surface area (Å²) in [7, 11) is 0. The van der Waals surface area contributed by atoms with Crippen LogP contribution >= 0.6 is 0 Å². The van der Waals surface area contributed by atoms with Crippen molar-refractivity contribution in [3.8, 4) is 0 Å². The fourth-order valence-electron chi connectivity index (χ4n) is 2.21. The van der Waals surface area contributed by atoms with E-state index in [-0.39, 0.29) is 5.91 Å². The first-order valence-corrected chi connectivity index (χ1v) is 5.92. The van der Waals surface area contributed by atoms with Crippen LogP contribution in [0.5, 0.6) is 0 Å². The lowest BCUT2D eigenvalue weighted by molar-refractivity contribution is 0.0765. The smallest absolute Gasteiger partial charge is 0.254 e. The standard InChI is InChI=1S/C13H13N3O2/c17-10-3-6-16(8-10)13(18)9-1-2-11-12(7-9)15-5-4-14-11/h1-2,4-5,7,10,17H,3,6,8H2. The number of nitrogens with zero attached hydrogens (tertiary/aromatic N) is 3. The van der Waals surface area contributed by atoms with E-state index in [9.17, 15) is 9.90 Å². The molecule has 1 aromatic carbocycles.